The molecule has 2 aromatic heterocycles. The zero-order valence-electron chi connectivity index (χ0n) is 21.0. The lowest BCUT2D eigenvalue weighted by atomic mass is 10.0. The molecule has 0 bridgehead atoms. The summed E-state index contributed by atoms with van der Waals surface area (Å²) in [6.45, 7) is 6.15. The van der Waals surface area contributed by atoms with Crippen molar-refractivity contribution < 1.29 is 38.1 Å². The number of nitrogens with zero attached hydrogens (tertiary/aromatic N) is 4. The fourth-order valence-corrected chi connectivity index (χ4v) is 3.39. The van der Waals surface area contributed by atoms with Gasteiger partial charge in [0.1, 0.15) is 5.52 Å². The van der Waals surface area contributed by atoms with Gasteiger partial charge in [-0.25, -0.2) is 9.97 Å². The number of ether oxygens (including phenoxy) is 4. The quantitative estimate of drug-likeness (QED) is 0.286. The van der Waals surface area contributed by atoms with Gasteiger partial charge >= 0.3 is 23.9 Å². The number of carbonyl (C=O) groups is 4. The van der Waals surface area contributed by atoms with Gasteiger partial charge in [-0.3, -0.25) is 19.2 Å². The SMILES string of the molecule is CC(=O)OCC(CCc1nc(N)nc2c1ncn2CCC(COC(C)=O)COC(C)=O)COC(C)=O. The van der Waals surface area contributed by atoms with Crippen molar-refractivity contribution in [3.63, 3.8) is 0 Å². The van der Waals surface area contributed by atoms with Crippen molar-refractivity contribution in [2.24, 2.45) is 11.8 Å². The number of carbonyl (C=O) groups excluding carboxylic acids is 4. The van der Waals surface area contributed by atoms with E-state index in [0.29, 0.717) is 42.7 Å². The molecule has 0 saturated heterocycles. The molecule has 13 nitrogen and oxygen atoms in total. The average molecular weight is 508 g/mol. The zero-order valence-corrected chi connectivity index (χ0v) is 21.0. The Hall–Kier alpha value is -3.77. The first-order valence-electron chi connectivity index (χ1n) is 11.6. The van der Waals surface area contributed by atoms with Crippen LogP contribution in [-0.4, -0.2) is 69.8 Å². The highest BCUT2D eigenvalue weighted by molar-refractivity contribution is 5.74. The first kappa shape index (κ1) is 28.5. The number of hydrogen-bond donors (Lipinski definition) is 1. The van der Waals surface area contributed by atoms with Crippen LogP contribution >= 0.6 is 0 Å². The molecule has 0 fully saturated rings. The summed E-state index contributed by atoms with van der Waals surface area (Å²) in [7, 11) is 0. The molecule has 0 radical (unpaired) electrons. The van der Waals surface area contributed by atoms with E-state index in [0.717, 1.165) is 0 Å². The second kappa shape index (κ2) is 14.0. The zero-order chi connectivity index (χ0) is 26.7. The summed E-state index contributed by atoms with van der Waals surface area (Å²) < 4.78 is 22.2. The third-order valence-corrected chi connectivity index (χ3v) is 5.21. The number of esters is 4. The molecule has 0 amide bonds. The van der Waals surface area contributed by atoms with Gasteiger partial charge in [0.2, 0.25) is 5.95 Å². The van der Waals surface area contributed by atoms with Crippen molar-refractivity contribution in [1.82, 2.24) is 19.5 Å². The Balaban J connectivity index is 2.13. The highest BCUT2D eigenvalue weighted by Gasteiger charge is 2.19. The van der Waals surface area contributed by atoms with Gasteiger partial charge < -0.3 is 29.2 Å². The largest absolute Gasteiger partial charge is 0.465 e. The summed E-state index contributed by atoms with van der Waals surface area (Å²) in [6, 6.07) is 0. The smallest absolute Gasteiger partial charge is 0.302 e. The maximum Gasteiger partial charge on any atom is 0.302 e. The van der Waals surface area contributed by atoms with Gasteiger partial charge in [0.05, 0.1) is 38.4 Å². The van der Waals surface area contributed by atoms with Crippen LogP contribution in [-0.2, 0) is 51.1 Å². The number of nitrogen functional groups attached to an aromatic ring is 1. The van der Waals surface area contributed by atoms with E-state index in [1.807, 2.05) is 0 Å². The Bertz CT molecular complexity index is 1030. The van der Waals surface area contributed by atoms with Gasteiger partial charge in [0.15, 0.2) is 5.65 Å². The molecular weight excluding hydrogens is 474 g/mol. The average Bonchev–Trinajstić information content (AvgIpc) is 3.20. The second-order valence-corrected chi connectivity index (χ2v) is 8.41. The van der Waals surface area contributed by atoms with Crippen LogP contribution in [0.4, 0.5) is 5.95 Å². The number of hydrogen-bond acceptors (Lipinski definition) is 12. The lowest BCUT2D eigenvalue weighted by molar-refractivity contribution is -0.148. The number of nitrogens with two attached hydrogens (primary N) is 1. The van der Waals surface area contributed by atoms with Crippen LogP contribution in [0.15, 0.2) is 6.33 Å². The van der Waals surface area contributed by atoms with E-state index < -0.39 is 23.9 Å². The minimum absolute atomic E-state index is 0.0761. The molecule has 0 saturated carbocycles. The minimum Gasteiger partial charge on any atom is -0.465 e. The number of fused-ring (bicyclic) bond motifs is 1. The van der Waals surface area contributed by atoms with E-state index in [-0.39, 0.29) is 44.2 Å². The molecule has 0 atom stereocenters. The van der Waals surface area contributed by atoms with Crippen molar-refractivity contribution in [2.75, 3.05) is 32.2 Å². The number of aromatic nitrogens is 4. The highest BCUT2D eigenvalue weighted by Crippen LogP contribution is 2.20. The molecule has 13 heteroatoms. The van der Waals surface area contributed by atoms with Gasteiger partial charge in [-0.05, 0) is 19.3 Å². The number of imidazole rings is 1. The molecule has 2 heterocycles. The summed E-state index contributed by atoms with van der Waals surface area (Å²) in [5.74, 6) is -2.03. The van der Waals surface area contributed by atoms with E-state index in [4.69, 9.17) is 24.7 Å². The van der Waals surface area contributed by atoms with E-state index in [1.165, 1.54) is 27.7 Å². The molecular formula is C23H33N5O8. The molecule has 198 valence electrons. The van der Waals surface area contributed by atoms with Crippen LogP contribution < -0.4 is 5.73 Å². The third kappa shape index (κ3) is 9.84. The lowest BCUT2D eigenvalue weighted by Crippen LogP contribution is -2.21. The second-order valence-electron chi connectivity index (χ2n) is 8.41. The van der Waals surface area contributed by atoms with Crippen molar-refractivity contribution in [1.29, 1.82) is 0 Å². The van der Waals surface area contributed by atoms with Crippen LogP contribution in [0, 0.1) is 11.8 Å². The molecule has 0 aliphatic carbocycles. The van der Waals surface area contributed by atoms with Crippen molar-refractivity contribution >= 4 is 41.0 Å². The third-order valence-electron chi connectivity index (χ3n) is 5.21. The molecule has 0 spiro atoms. The van der Waals surface area contributed by atoms with Crippen LogP contribution in [0.25, 0.3) is 11.2 Å². The topological polar surface area (TPSA) is 175 Å². The predicted molar refractivity (Wildman–Crippen MR) is 126 cm³/mol. The van der Waals surface area contributed by atoms with Crippen LogP contribution in [0.2, 0.25) is 0 Å². The fraction of sp³-hybridized carbons (Fsp3) is 0.609. The molecule has 36 heavy (non-hydrogen) atoms. The molecule has 0 unspecified atom stereocenters. The van der Waals surface area contributed by atoms with Crippen LogP contribution in [0.1, 0.15) is 46.2 Å². The normalized spacial score (nSPS) is 11.1. The van der Waals surface area contributed by atoms with E-state index in [2.05, 4.69) is 15.0 Å². The predicted octanol–water partition coefficient (Wildman–Crippen LogP) is 1.22. The van der Waals surface area contributed by atoms with Crippen LogP contribution in [0.5, 0.6) is 0 Å². The maximum absolute atomic E-state index is 11.2. The Morgan fingerprint density at radius 3 is 1.75 bits per heavy atom. The molecule has 2 aromatic rings. The lowest BCUT2D eigenvalue weighted by Gasteiger charge is -2.17. The van der Waals surface area contributed by atoms with E-state index >= 15 is 0 Å². The molecule has 0 aromatic carbocycles. The Morgan fingerprint density at radius 1 is 0.806 bits per heavy atom. The van der Waals surface area contributed by atoms with Gasteiger partial charge in [0.25, 0.3) is 0 Å². The summed E-state index contributed by atoms with van der Waals surface area (Å²) in [5, 5.41) is 0. The van der Waals surface area contributed by atoms with Crippen LogP contribution in [0.3, 0.4) is 0 Å². The van der Waals surface area contributed by atoms with Crippen molar-refractivity contribution in [3.05, 3.63) is 12.0 Å². The van der Waals surface area contributed by atoms with Crippen molar-refractivity contribution in [2.45, 2.75) is 53.5 Å². The Labute approximate surface area is 208 Å². The summed E-state index contributed by atoms with van der Waals surface area (Å²) in [5.41, 5.74) is 7.67. The summed E-state index contributed by atoms with van der Waals surface area (Å²) in [4.78, 5) is 57.9. The monoisotopic (exact) mass is 507 g/mol. The molecule has 0 aliphatic rings. The number of aryl methyl sites for hydroxylation is 2. The Kier molecular flexibility index (Phi) is 11.0. The molecule has 0 aliphatic heterocycles. The molecule has 2 rings (SSSR count). The number of anilines is 1. The fourth-order valence-electron chi connectivity index (χ4n) is 3.39. The van der Waals surface area contributed by atoms with Gasteiger partial charge in [-0.2, -0.15) is 4.98 Å². The number of rotatable bonds is 14. The van der Waals surface area contributed by atoms with Gasteiger partial charge in [-0.1, -0.05) is 0 Å². The minimum atomic E-state index is -0.420. The highest BCUT2D eigenvalue weighted by atomic mass is 16.6. The van der Waals surface area contributed by atoms with E-state index in [1.54, 1.807) is 10.9 Å². The maximum atomic E-state index is 11.2. The van der Waals surface area contributed by atoms with Gasteiger partial charge in [-0.15, -0.1) is 0 Å². The summed E-state index contributed by atoms with van der Waals surface area (Å²) in [6.07, 6.45) is 3.09. The van der Waals surface area contributed by atoms with Gasteiger partial charge in [0, 0.05) is 46.1 Å². The Morgan fingerprint density at radius 2 is 1.28 bits per heavy atom. The summed E-state index contributed by atoms with van der Waals surface area (Å²) >= 11 is 0. The van der Waals surface area contributed by atoms with E-state index in [9.17, 15) is 19.2 Å². The van der Waals surface area contributed by atoms with Crippen molar-refractivity contribution in [3.8, 4) is 0 Å². The first-order chi connectivity index (χ1) is 17.0. The molecule has 2 N–H and O–H groups in total. The first-order valence-corrected chi connectivity index (χ1v) is 11.6. The standard InChI is InChI=1S/C23H33N5O8/c1-14(29)33-9-18(10-34-15(2)30)5-6-20-21-22(27-23(24)26-20)28(13-25-21)8-7-19(11-35-16(3)31)12-36-17(4)32/h13,18-19H,5-12H2,1-4H3,(H2,24,26,27).